The molecular formula is C13H21N5O2S. The molecule has 0 aromatic carbocycles. The number of nitrogens with one attached hydrogen (secondary N) is 1. The highest BCUT2D eigenvalue weighted by atomic mass is 32.2. The Morgan fingerprint density at radius 3 is 2.81 bits per heavy atom. The molecule has 0 radical (unpaired) electrons. The van der Waals surface area contributed by atoms with E-state index in [9.17, 15) is 13.7 Å². The number of aromatic nitrogens is 2. The quantitative estimate of drug-likeness (QED) is 0.787. The summed E-state index contributed by atoms with van der Waals surface area (Å²) in [5, 5.41) is 16.7. The lowest BCUT2D eigenvalue weighted by molar-refractivity contribution is 0.335. The van der Waals surface area contributed by atoms with Crippen LogP contribution in [0, 0.1) is 11.3 Å². The van der Waals surface area contributed by atoms with Gasteiger partial charge in [0, 0.05) is 6.54 Å². The fraction of sp³-hybridized carbons (Fsp3) is 0.692. The third kappa shape index (κ3) is 2.97. The van der Waals surface area contributed by atoms with Crippen molar-refractivity contribution < 1.29 is 8.42 Å². The lowest BCUT2D eigenvalue weighted by Crippen LogP contribution is -2.33. The number of sulfone groups is 1. The molecule has 0 spiro atoms. The fourth-order valence-corrected chi connectivity index (χ4v) is 4.73. The molecule has 8 heteroatoms. The average molecular weight is 311 g/mol. The Morgan fingerprint density at radius 1 is 1.57 bits per heavy atom. The summed E-state index contributed by atoms with van der Waals surface area (Å²) in [6, 6.07) is 2.05. The summed E-state index contributed by atoms with van der Waals surface area (Å²) in [7, 11) is -3.07. The van der Waals surface area contributed by atoms with Crippen molar-refractivity contribution in [3.05, 3.63) is 5.56 Å². The summed E-state index contributed by atoms with van der Waals surface area (Å²) in [5.74, 6) is 0.805. The molecule has 1 aliphatic rings. The van der Waals surface area contributed by atoms with E-state index in [0.29, 0.717) is 18.8 Å². The Hall–Kier alpha value is -1.75. The molecule has 1 unspecified atom stereocenters. The van der Waals surface area contributed by atoms with Crippen molar-refractivity contribution in [1.82, 2.24) is 9.78 Å². The zero-order chi connectivity index (χ0) is 15.7. The first-order valence-corrected chi connectivity index (χ1v) is 8.88. The molecule has 1 fully saturated rings. The maximum Gasteiger partial charge on any atom is 0.168 e. The summed E-state index contributed by atoms with van der Waals surface area (Å²) in [5.41, 5.74) is 5.62. The van der Waals surface area contributed by atoms with Gasteiger partial charge in [-0.3, -0.25) is 0 Å². The van der Waals surface area contributed by atoms with E-state index >= 15 is 0 Å². The van der Waals surface area contributed by atoms with Gasteiger partial charge in [-0.1, -0.05) is 13.3 Å². The number of nitriles is 1. The van der Waals surface area contributed by atoms with E-state index in [1.54, 1.807) is 0 Å². The minimum Gasteiger partial charge on any atom is -0.383 e. The average Bonchev–Trinajstić information content (AvgIpc) is 2.88. The predicted molar refractivity (Wildman–Crippen MR) is 81.7 cm³/mol. The van der Waals surface area contributed by atoms with E-state index in [1.165, 1.54) is 4.68 Å². The molecule has 3 N–H and O–H groups in total. The standard InChI is InChI=1S/C13H21N5O2S/c1-3-4-6-16-12-10(8-14)11(15)18(17-12)13(2)5-7-21(19,20)9-13/h3-7,9,15H2,1-2H3,(H,16,17). The van der Waals surface area contributed by atoms with Crippen LogP contribution in [0.15, 0.2) is 0 Å². The molecule has 2 heterocycles. The number of rotatable bonds is 5. The largest absolute Gasteiger partial charge is 0.383 e. The fourth-order valence-electron chi connectivity index (χ4n) is 2.62. The van der Waals surface area contributed by atoms with Gasteiger partial charge in [-0.25, -0.2) is 13.1 Å². The van der Waals surface area contributed by atoms with E-state index in [2.05, 4.69) is 23.4 Å². The van der Waals surface area contributed by atoms with Crippen LogP contribution in [0.3, 0.4) is 0 Å². The van der Waals surface area contributed by atoms with Crippen molar-refractivity contribution in [1.29, 1.82) is 5.26 Å². The molecular weight excluding hydrogens is 290 g/mol. The highest BCUT2D eigenvalue weighted by Crippen LogP contribution is 2.35. The highest BCUT2D eigenvalue weighted by Gasteiger charge is 2.42. The zero-order valence-electron chi connectivity index (χ0n) is 12.4. The van der Waals surface area contributed by atoms with Gasteiger partial charge in [0.1, 0.15) is 17.5 Å². The number of hydrogen-bond acceptors (Lipinski definition) is 6. The minimum absolute atomic E-state index is 0.00511. The number of anilines is 2. The summed E-state index contributed by atoms with van der Waals surface area (Å²) in [6.07, 6.45) is 2.45. The highest BCUT2D eigenvalue weighted by molar-refractivity contribution is 7.91. The molecule has 21 heavy (non-hydrogen) atoms. The van der Waals surface area contributed by atoms with Gasteiger partial charge in [0.05, 0.1) is 17.0 Å². The van der Waals surface area contributed by atoms with Crippen molar-refractivity contribution in [2.24, 2.45) is 0 Å². The van der Waals surface area contributed by atoms with Gasteiger partial charge in [-0.05, 0) is 19.8 Å². The first-order chi connectivity index (χ1) is 9.83. The van der Waals surface area contributed by atoms with Crippen LogP contribution < -0.4 is 11.1 Å². The molecule has 1 saturated heterocycles. The number of nitrogen functional groups attached to an aromatic ring is 1. The Morgan fingerprint density at radius 2 is 2.29 bits per heavy atom. The lowest BCUT2D eigenvalue weighted by Gasteiger charge is -2.23. The van der Waals surface area contributed by atoms with Crippen LogP contribution in [0.4, 0.5) is 11.6 Å². The minimum atomic E-state index is -3.07. The summed E-state index contributed by atoms with van der Waals surface area (Å²) in [4.78, 5) is 0. The molecule has 0 saturated carbocycles. The van der Waals surface area contributed by atoms with Crippen LogP contribution in [-0.4, -0.2) is 36.2 Å². The third-order valence-electron chi connectivity index (χ3n) is 3.85. The molecule has 1 aromatic rings. The lowest BCUT2D eigenvalue weighted by atomic mass is 10.0. The van der Waals surface area contributed by atoms with Crippen molar-refractivity contribution >= 4 is 21.5 Å². The van der Waals surface area contributed by atoms with Gasteiger partial charge in [0.15, 0.2) is 15.7 Å². The third-order valence-corrected chi connectivity index (χ3v) is 5.74. The number of nitrogens with two attached hydrogens (primary N) is 1. The topological polar surface area (TPSA) is 114 Å². The second kappa shape index (κ2) is 5.56. The van der Waals surface area contributed by atoms with Gasteiger partial charge < -0.3 is 11.1 Å². The van der Waals surface area contributed by atoms with Crippen LogP contribution in [-0.2, 0) is 15.4 Å². The van der Waals surface area contributed by atoms with Gasteiger partial charge in [0.25, 0.3) is 0 Å². The Kier molecular flexibility index (Phi) is 4.14. The Bertz CT molecular complexity index is 673. The van der Waals surface area contributed by atoms with E-state index in [1.807, 2.05) is 6.92 Å². The Balaban J connectivity index is 2.35. The summed E-state index contributed by atoms with van der Waals surface area (Å²) >= 11 is 0. The van der Waals surface area contributed by atoms with Crippen molar-refractivity contribution in [2.75, 3.05) is 29.1 Å². The maximum atomic E-state index is 11.7. The second-order valence-corrected chi connectivity index (χ2v) is 7.94. The first-order valence-electron chi connectivity index (χ1n) is 7.06. The molecule has 116 valence electrons. The van der Waals surface area contributed by atoms with Crippen LogP contribution in [0.2, 0.25) is 0 Å². The molecule has 1 aliphatic heterocycles. The Labute approximate surface area is 125 Å². The van der Waals surface area contributed by atoms with E-state index in [4.69, 9.17) is 5.73 Å². The zero-order valence-corrected chi connectivity index (χ0v) is 13.2. The van der Waals surface area contributed by atoms with Crippen LogP contribution >= 0.6 is 0 Å². The smallest absolute Gasteiger partial charge is 0.168 e. The molecule has 0 amide bonds. The molecule has 0 aliphatic carbocycles. The van der Waals surface area contributed by atoms with Crippen molar-refractivity contribution in [3.63, 3.8) is 0 Å². The normalized spacial score (nSPS) is 23.9. The van der Waals surface area contributed by atoms with Crippen LogP contribution in [0.25, 0.3) is 0 Å². The molecule has 1 atom stereocenters. The SMILES string of the molecule is CCCCNc1nn(C2(C)CCS(=O)(=O)C2)c(N)c1C#N. The summed E-state index contributed by atoms with van der Waals surface area (Å²) in [6.45, 7) is 4.60. The van der Waals surface area contributed by atoms with Gasteiger partial charge in [0.2, 0.25) is 0 Å². The van der Waals surface area contributed by atoms with Gasteiger partial charge in [-0.2, -0.15) is 10.4 Å². The monoisotopic (exact) mass is 311 g/mol. The van der Waals surface area contributed by atoms with Crippen molar-refractivity contribution in [3.8, 4) is 6.07 Å². The van der Waals surface area contributed by atoms with Crippen LogP contribution in [0.1, 0.15) is 38.7 Å². The predicted octanol–water partition coefficient (Wildman–Crippen LogP) is 1.08. The van der Waals surface area contributed by atoms with E-state index in [-0.39, 0.29) is 22.9 Å². The molecule has 1 aromatic heterocycles. The molecule has 7 nitrogen and oxygen atoms in total. The van der Waals surface area contributed by atoms with Gasteiger partial charge >= 0.3 is 0 Å². The number of hydrogen-bond donors (Lipinski definition) is 2. The summed E-state index contributed by atoms with van der Waals surface area (Å²) < 4.78 is 25.0. The molecule has 0 bridgehead atoms. The van der Waals surface area contributed by atoms with Crippen molar-refractivity contribution in [2.45, 2.75) is 38.6 Å². The van der Waals surface area contributed by atoms with Crippen LogP contribution in [0.5, 0.6) is 0 Å². The van der Waals surface area contributed by atoms with E-state index < -0.39 is 15.4 Å². The van der Waals surface area contributed by atoms with Gasteiger partial charge in [-0.15, -0.1) is 0 Å². The first kappa shape index (κ1) is 15.6. The van der Waals surface area contributed by atoms with E-state index in [0.717, 1.165) is 12.8 Å². The number of nitrogens with zero attached hydrogens (tertiary/aromatic N) is 3. The maximum absolute atomic E-state index is 11.7. The number of unbranched alkanes of at least 4 members (excludes halogenated alkanes) is 1. The molecule has 2 rings (SSSR count). The second-order valence-electron chi connectivity index (χ2n) is 5.75.